The molecule has 0 unspecified atom stereocenters. The topological polar surface area (TPSA) is 20.3 Å². The molecule has 0 spiro atoms. The van der Waals surface area contributed by atoms with E-state index in [2.05, 4.69) is 0 Å². The highest BCUT2D eigenvalue weighted by atomic mass is 19.1. The van der Waals surface area contributed by atoms with E-state index in [9.17, 15) is 13.6 Å². The van der Waals surface area contributed by atoms with Crippen LogP contribution in [0, 0.1) is 11.6 Å². The zero-order valence-corrected chi connectivity index (χ0v) is 11.1. The Morgan fingerprint density at radius 2 is 1.85 bits per heavy atom. The summed E-state index contributed by atoms with van der Waals surface area (Å²) >= 11 is 0. The second-order valence-corrected chi connectivity index (χ2v) is 4.40. The van der Waals surface area contributed by atoms with Crippen molar-refractivity contribution in [3.8, 4) is 0 Å². The average Bonchev–Trinajstić information content (AvgIpc) is 2.45. The second kappa shape index (κ2) is 6.28. The standard InChI is InChI=1S/C16H15F2NO/c1-2-19(15-9-4-3-8-14(15)18)11-16(20)12-6-5-7-13(17)10-12/h3-10H,2,11H2,1H3. The predicted octanol–water partition coefficient (Wildman–Crippen LogP) is 3.67. The van der Waals surface area contributed by atoms with E-state index in [0.717, 1.165) is 0 Å². The Morgan fingerprint density at radius 1 is 1.10 bits per heavy atom. The fourth-order valence-electron chi connectivity index (χ4n) is 2.00. The Hall–Kier alpha value is -2.23. The molecule has 0 atom stereocenters. The van der Waals surface area contributed by atoms with Gasteiger partial charge in [0.05, 0.1) is 12.2 Å². The maximum absolute atomic E-state index is 13.7. The fraction of sp³-hybridized carbons (Fsp3) is 0.188. The molecule has 0 amide bonds. The van der Waals surface area contributed by atoms with E-state index < -0.39 is 5.82 Å². The third-order valence-corrected chi connectivity index (χ3v) is 3.06. The van der Waals surface area contributed by atoms with Crippen molar-refractivity contribution in [2.45, 2.75) is 6.92 Å². The lowest BCUT2D eigenvalue weighted by atomic mass is 10.1. The van der Waals surface area contributed by atoms with E-state index in [1.165, 1.54) is 24.3 Å². The van der Waals surface area contributed by atoms with Crippen LogP contribution in [-0.4, -0.2) is 18.9 Å². The molecule has 0 N–H and O–H groups in total. The van der Waals surface area contributed by atoms with Gasteiger partial charge in [-0.3, -0.25) is 4.79 Å². The number of rotatable bonds is 5. The second-order valence-electron chi connectivity index (χ2n) is 4.40. The summed E-state index contributed by atoms with van der Waals surface area (Å²) < 4.78 is 26.8. The van der Waals surface area contributed by atoms with Crippen LogP contribution in [0.1, 0.15) is 17.3 Å². The number of carbonyl (C=O) groups excluding carboxylic acids is 1. The summed E-state index contributed by atoms with van der Waals surface area (Å²) in [4.78, 5) is 13.7. The van der Waals surface area contributed by atoms with Crippen LogP contribution in [0.15, 0.2) is 48.5 Å². The van der Waals surface area contributed by atoms with Gasteiger partial charge < -0.3 is 4.90 Å². The smallest absolute Gasteiger partial charge is 0.182 e. The van der Waals surface area contributed by atoms with Gasteiger partial charge >= 0.3 is 0 Å². The molecule has 0 aliphatic rings. The van der Waals surface area contributed by atoms with Crippen molar-refractivity contribution in [3.05, 3.63) is 65.7 Å². The quantitative estimate of drug-likeness (QED) is 0.776. The summed E-state index contributed by atoms with van der Waals surface area (Å²) in [5.41, 5.74) is 0.666. The van der Waals surface area contributed by atoms with Gasteiger partial charge in [0.2, 0.25) is 0 Å². The molecule has 0 saturated heterocycles. The number of halogens is 2. The van der Waals surface area contributed by atoms with Crippen molar-refractivity contribution in [1.82, 2.24) is 0 Å². The van der Waals surface area contributed by atoms with Gasteiger partial charge in [-0.1, -0.05) is 24.3 Å². The molecule has 0 radical (unpaired) electrons. The van der Waals surface area contributed by atoms with Gasteiger partial charge in [-0.05, 0) is 31.2 Å². The van der Waals surface area contributed by atoms with Crippen LogP contribution in [0.3, 0.4) is 0 Å². The first-order valence-corrected chi connectivity index (χ1v) is 6.40. The van der Waals surface area contributed by atoms with Crippen LogP contribution in [-0.2, 0) is 0 Å². The first-order chi connectivity index (χ1) is 9.61. The number of hydrogen-bond acceptors (Lipinski definition) is 2. The highest BCUT2D eigenvalue weighted by molar-refractivity contribution is 5.99. The minimum Gasteiger partial charge on any atom is -0.362 e. The molecule has 4 heteroatoms. The third-order valence-electron chi connectivity index (χ3n) is 3.06. The van der Waals surface area contributed by atoms with Crippen LogP contribution in [0.4, 0.5) is 14.5 Å². The van der Waals surface area contributed by atoms with Crippen molar-refractivity contribution >= 4 is 11.5 Å². The summed E-state index contributed by atoms with van der Waals surface area (Å²) in [5, 5.41) is 0. The summed E-state index contributed by atoms with van der Waals surface area (Å²) in [7, 11) is 0. The van der Waals surface area contributed by atoms with Gasteiger partial charge in [0.1, 0.15) is 11.6 Å². The maximum Gasteiger partial charge on any atom is 0.182 e. The van der Waals surface area contributed by atoms with Crippen molar-refractivity contribution < 1.29 is 13.6 Å². The number of hydrogen-bond donors (Lipinski definition) is 0. The van der Waals surface area contributed by atoms with Crippen LogP contribution in [0.2, 0.25) is 0 Å². The lowest BCUT2D eigenvalue weighted by Crippen LogP contribution is -2.30. The zero-order chi connectivity index (χ0) is 14.5. The van der Waals surface area contributed by atoms with Gasteiger partial charge in [-0.25, -0.2) is 8.78 Å². The molecule has 2 aromatic rings. The highest BCUT2D eigenvalue weighted by Gasteiger charge is 2.15. The number of ketones is 1. The lowest BCUT2D eigenvalue weighted by Gasteiger charge is -2.22. The highest BCUT2D eigenvalue weighted by Crippen LogP contribution is 2.19. The van der Waals surface area contributed by atoms with Gasteiger partial charge in [0.15, 0.2) is 5.78 Å². The molecule has 0 bridgehead atoms. The minimum atomic E-state index is -0.454. The van der Waals surface area contributed by atoms with E-state index in [1.807, 2.05) is 6.92 Å². The number of nitrogens with zero attached hydrogens (tertiary/aromatic N) is 1. The third kappa shape index (κ3) is 3.20. The molecule has 2 nitrogen and oxygen atoms in total. The Kier molecular flexibility index (Phi) is 4.45. The predicted molar refractivity (Wildman–Crippen MR) is 75.0 cm³/mol. The molecule has 0 saturated carbocycles. The number of carbonyl (C=O) groups is 1. The fourth-order valence-corrected chi connectivity index (χ4v) is 2.00. The van der Waals surface area contributed by atoms with E-state index in [0.29, 0.717) is 17.8 Å². The number of likely N-dealkylation sites (N-methyl/N-ethyl adjacent to an activating group) is 1. The largest absolute Gasteiger partial charge is 0.362 e. The molecule has 0 heterocycles. The average molecular weight is 275 g/mol. The SMILES string of the molecule is CCN(CC(=O)c1cccc(F)c1)c1ccccc1F. The number of Topliss-reactive ketones (excluding diaryl/α,β-unsaturated/α-hetero) is 1. The van der Waals surface area contributed by atoms with Gasteiger partial charge in [-0.2, -0.15) is 0 Å². The van der Waals surface area contributed by atoms with Crippen LogP contribution >= 0.6 is 0 Å². The molecule has 104 valence electrons. The normalized spacial score (nSPS) is 10.3. The Balaban J connectivity index is 2.19. The molecule has 2 aromatic carbocycles. The van der Waals surface area contributed by atoms with Crippen LogP contribution in [0.25, 0.3) is 0 Å². The number of benzene rings is 2. The maximum atomic E-state index is 13.7. The van der Waals surface area contributed by atoms with Crippen molar-refractivity contribution in [2.24, 2.45) is 0 Å². The number of para-hydroxylation sites is 1. The van der Waals surface area contributed by atoms with Gasteiger partial charge in [0.25, 0.3) is 0 Å². The van der Waals surface area contributed by atoms with Crippen LogP contribution < -0.4 is 4.90 Å². The van der Waals surface area contributed by atoms with Gasteiger partial charge in [-0.15, -0.1) is 0 Å². The Bertz CT molecular complexity index is 613. The molecule has 0 aliphatic carbocycles. The number of anilines is 1. The molecular formula is C16H15F2NO. The van der Waals surface area contributed by atoms with Gasteiger partial charge in [0, 0.05) is 12.1 Å². The Morgan fingerprint density at radius 3 is 2.50 bits per heavy atom. The molecular weight excluding hydrogens is 260 g/mol. The lowest BCUT2D eigenvalue weighted by molar-refractivity contribution is 0.0998. The summed E-state index contributed by atoms with van der Waals surface area (Å²) in [6.45, 7) is 2.34. The zero-order valence-electron chi connectivity index (χ0n) is 11.1. The van der Waals surface area contributed by atoms with Crippen molar-refractivity contribution in [1.29, 1.82) is 0 Å². The van der Waals surface area contributed by atoms with Crippen molar-refractivity contribution in [2.75, 3.05) is 18.0 Å². The summed E-state index contributed by atoms with van der Waals surface area (Å²) in [6.07, 6.45) is 0. The summed E-state index contributed by atoms with van der Waals surface area (Å²) in [5.74, 6) is -1.07. The molecule has 2 rings (SSSR count). The molecule has 20 heavy (non-hydrogen) atoms. The van der Waals surface area contributed by atoms with E-state index in [4.69, 9.17) is 0 Å². The first kappa shape index (κ1) is 14.2. The molecule has 0 aliphatic heterocycles. The van der Waals surface area contributed by atoms with Crippen LogP contribution in [0.5, 0.6) is 0 Å². The van der Waals surface area contributed by atoms with E-state index in [-0.39, 0.29) is 18.1 Å². The van der Waals surface area contributed by atoms with E-state index in [1.54, 1.807) is 29.2 Å². The van der Waals surface area contributed by atoms with Crippen molar-refractivity contribution in [3.63, 3.8) is 0 Å². The minimum absolute atomic E-state index is 0.0148. The summed E-state index contributed by atoms with van der Waals surface area (Å²) in [6, 6.07) is 11.8. The van der Waals surface area contributed by atoms with E-state index >= 15 is 0 Å². The Labute approximate surface area is 116 Å². The monoisotopic (exact) mass is 275 g/mol. The molecule has 0 aromatic heterocycles. The molecule has 0 fully saturated rings. The first-order valence-electron chi connectivity index (χ1n) is 6.40.